The van der Waals surface area contributed by atoms with Crippen molar-refractivity contribution in [1.82, 2.24) is 5.32 Å². The van der Waals surface area contributed by atoms with Crippen LogP contribution < -0.4 is 14.8 Å². The van der Waals surface area contributed by atoms with Crippen molar-refractivity contribution in [3.8, 4) is 11.5 Å². The number of amidine groups is 1. The highest BCUT2D eigenvalue weighted by molar-refractivity contribution is 8.19. The number of amides is 1. The lowest BCUT2D eigenvalue weighted by atomic mass is 10.2. The summed E-state index contributed by atoms with van der Waals surface area (Å²) < 4.78 is 38.7. The molecule has 9 heteroatoms. The summed E-state index contributed by atoms with van der Waals surface area (Å²) in [7, 11) is -0.710. The fraction of sp³-hybridized carbons (Fsp3) is 0.158. The lowest BCUT2D eigenvalue weighted by molar-refractivity contribution is -0.115. The molecular weight excluding hydrogens is 400 g/mol. The quantitative estimate of drug-likeness (QED) is 0.725. The molecule has 1 aliphatic heterocycles. The summed E-state index contributed by atoms with van der Waals surface area (Å²) in [6, 6.07) is 14.0. The molecule has 1 N–H and O–H groups in total. The van der Waals surface area contributed by atoms with Gasteiger partial charge in [0.25, 0.3) is 15.9 Å². The number of hydrogen-bond donors (Lipinski definition) is 1. The van der Waals surface area contributed by atoms with Gasteiger partial charge >= 0.3 is 0 Å². The van der Waals surface area contributed by atoms with E-state index in [0.29, 0.717) is 27.5 Å². The topological polar surface area (TPSA) is 94.1 Å². The van der Waals surface area contributed by atoms with Gasteiger partial charge in [-0.05, 0) is 41.1 Å². The van der Waals surface area contributed by atoms with Crippen molar-refractivity contribution in [2.24, 2.45) is 4.40 Å². The zero-order valence-electron chi connectivity index (χ0n) is 15.2. The first-order chi connectivity index (χ1) is 13.4. The Balaban J connectivity index is 1.79. The molecule has 0 radical (unpaired) electrons. The summed E-state index contributed by atoms with van der Waals surface area (Å²) in [6.07, 6.45) is 1.63. The Morgan fingerprint density at radius 2 is 1.79 bits per heavy atom. The van der Waals surface area contributed by atoms with Crippen LogP contribution in [0.2, 0.25) is 0 Å². The van der Waals surface area contributed by atoms with Crippen LogP contribution in [0.25, 0.3) is 6.08 Å². The van der Waals surface area contributed by atoms with E-state index < -0.39 is 15.9 Å². The minimum absolute atomic E-state index is 0.0349. The Hall–Kier alpha value is -2.78. The highest BCUT2D eigenvalue weighted by atomic mass is 32.2. The molecule has 0 unspecified atom stereocenters. The van der Waals surface area contributed by atoms with Crippen molar-refractivity contribution in [2.45, 2.75) is 5.75 Å². The van der Waals surface area contributed by atoms with Gasteiger partial charge in [-0.25, -0.2) is 8.42 Å². The van der Waals surface area contributed by atoms with Crippen LogP contribution in [0.4, 0.5) is 0 Å². The molecule has 1 fully saturated rings. The van der Waals surface area contributed by atoms with Gasteiger partial charge in [0.2, 0.25) is 0 Å². The highest BCUT2D eigenvalue weighted by Gasteiger charge is 2.26. The number of sulfonamides is 1. The second-order valence-electron chi connectivity index (χ2n) is 5.79. The molecule has 146 valence electrons. The van der Waals surface area contributed by atoms with E-state index in [9.17, 15) is 13.2 Å². The van der Waals surface area contributed by atoms with E-state index in [1.807, 2.05) is 0 Å². The van der Waals surface area contributed by atoms with E-state index >= 15 is 0 Å². The molecule has 2 aromatic rings. The van der Waals surface area contributed by atoms with Gasteiger partial charge in [-0.3, -0.25) is 10.1 Å². The third-order valence-corrected chi connectivity index (χ3v) is 5.95. The Kier molecular flexibility index (Phi) is 6.05. The predicted octanol–water partition coefficient (Wildman–Crippen LogP) is 2.79. The summed E-state index contributed by atoms with van der Waals surface area (Å²) in [5, 5.41) is 2.52. The van der Waals surface area contributed by atoms with Crippen molar-refractivity contribution in [3.05, 3.63) is 64.6 Å². The Morgan fingerprint density at radius 1 is 1.07 bits per heavy atom. The SMILES string of the molecule is COc1ccc(/C=C2\S/C(=N/S(=O)(=O)Cc3ccccc3)NC2=O)cc1OC. The molecule has 1 aliphatic rings. The molecule has 0 aliphatic carbocycles. The van der Waals surface area contributed by atoms with Crippen LogP contribution in [0.3, 0.4) is 0 Å². The first kappa shape index (κ1) is 20.0. The summed E-state index contributed by atoms with van der Waals surface area (Å²) >= 11 is 0.974. The maximum Gasteiger partial charge on any atom is 0.264 e. The summed E-state index contributed by atoms with van der Waals surface area (Å²) in [4.78, 5) is 12.5. The average molecular weight is 418 g/mol. The monoisotopic (exact) mass is 418 g/mol. The van der Waals surface area contributed by atoms with Gasteiger partial charge in [0.15, 0.2) is 16.7 Å². The number of nitrogens with zero attached hydrogens (tertiary/aromatic N) is 1. The molecule has 28 heavy (non-hydrogen) atoms. The van der Waals surface area contributed by atoms with Gasteiger partial charge in [0.1, 0.15) is 0 Å². The standard InChI is InChI=1S/C19H18N2O5S2/c1-25-15-9-8-14(10-16(15)26-2)11-17-18(22)20-19(27-17)21-28(23,24)12-13-6-4-3-5-7-13/h3-11H,12H2,1-2H3,(H,20,21,22)/b17-11-. The van der Waals surface area contributed by atoms with Gasteiger partial charge in [-0.1, -0.05) is 36.4 Å². The van der Waals surface area contributed by atoms with Crippen molar-refractivity contribution in [1.29, 1.82) is 0 Å². The van der Waals surface area contributed by atoms with E-state index in [2.05, 4.69) is 9.71 Å². The van der Waals surface area contributed by atoms with E-state index in [0.717, 1.165) is 11.8 Å². The number of rotatable bonds is 6. The smallest absolute Gasteiger partial charge is 0.264 e. The molecular formula is C19H18N2O5S2. The fourth-order valence-electron chi connectivity index (χ4n) is 2.51. The van der Waals surface area contributed by atoms with Crippen LogP contribution in [0.5, 0.6) is 11.5 Å². The van der Waals surface area contributed by atoms with Crippen LogP contribution >= 0.6 is 11.8 Å². The number of hydrogen-bond acceptors (Lipinski definition) is 6. The predicted molar refractivity (Wildman–Crippen MR) is 110 cm³/mol. The zero-order chi connectivity index (χ0) is 20.1. The van der Waals surface area contributed by atoms with Gasteiger partial charge < -0.3 is 9.47 Å². The number of methoxy groups -OCH3 is 2. The van der Waals surface area contributed by atoms with Gasteiger partial charge in [0.05, 0.1) is 24.9 Å². The third kappa shape index (κ3) is 4.93. The van der Waals surface area contributed by atoms with Crippen molar-refractivity contribution < 1.29 is 22.7 Å². The van der Waals surface area contributed by atoms with Crippen LogP contribution in [0.15, 0.2) is 57.8 Å². The number of ether oxygens (including phenoxy) is 2. The maximum absolute atomic E-state index is 12.3. The number of thioether (sulfide) groups is 1. The van der Waals surface area contributed by atoms with E-state index in [1.165, 1.54) is 14.2 Å². The lowest BCUT2D eigenvalue weighted by Gasteiger charge is -2.07. The Bertz CT molecular complexity index is 1050. The molecule has 0 atom stereocenters. The highest BCUT2D eigenvalue weighted by Crippen LogP contribution is 2.31. The Morgan fingerprint density at radius 3 is 2.46 bits per heavy atom. The lowest BCUT2D eigenvalue weighted by Crippen LogP contribution is -2.21. The second kappa shape index (κ2) is 8.49. The normalized spacial score (nSPS) is 17.0. The number of nitrogens with one attached hydrogen (secondary N) is 1. The molecule has 1 heterocycles. The summed E-state index contributed by atoms with van der Waals surface area (Å²) in [6.45, 7) is 0. The van der Waals surface area contributed by atoms with Crippen molar-refractivity contribution >= 4 is 38.9 Å². The third-order valence-electron chi connectivity index (χ3n) is 3.77. The van der Waals surface area contributed by atoms with Crippen LogP contribution in [-0.4, -0.2) is 33.7 Å². The number of carbonyl (C=O) groups is 1. The summed E-state index contributed by atoms with van der Waals surface area (Å²) in [5.74, 6) is 0.457. The Labute approximate surface area is 167 Å². The van der Waals surface area contributed by atoms with E-state index in [1.54, 1.807) is 54.6 Å². The maximum atomic E-state index is 12.3. The van der Waals surface area contributed by atoms with Gasteiger partial charge in [0, 0.05) is 0 Å². The molecule has 3 rings (SSSR count). The molecule has 1 amide bonds. The molecule has 0 aromatic heterocycles. The van der Waals surface area contributed by atoms with Crippen LogP contribution in [-0.2, 0) is 20.6 Å². The fourth-order valence-corrected chi connectivity index (χ4v) is 4.67. The zero-order valence-corrected chi connectivity index (χ0v) is 16.8. The largest absolute Gasteiger partial charge is 0.493 e. The number of carbonyl (C=O) groups excluding carboxylic acids is 1. The van der Waals surface area contributed by atoms with Crippen LogP contribution in [0.1, 0.15) is 11.1 Å². The van der Waals surface area contributed by atoms with Crippen molar-refractivity contribution in [3.63, 3.8) is 0 Å². The molecule has 2 aromatic carbocycles. The van der Waals surface area contributed by atoms with Gasteiger partial charge in [-0.15, -0.1) is 4.40 Å². The first-order valence-electron chi connectivity index (χ1n) is 8.19. The van der Waals surface area contributed by atoms with Gasteiger partial charge in [-0.2, -0.15) is 0 Å². The van der Waals surface area contributed by atoms with E-state index in [4.69, 9.17) is 9.47 Å². The molecule has 0 saturated carbocycles. The first-order valence-corrected chi connectivity index (χ1v) is 10.6. The molecule has 0 bridgehead atoms. The van der Waals surface area contributed by atoms with E-state index in [-0.39, 0.29) is 10.9 Å². The minimum Gasteiger partial charge on any atom is -0.493 e. The van der Waals surface area contributed by atoms with Crippen LogP contribution in [0, 0.1) is 0 Å². The average Bonchev–Trinajstić information content (AvgIpc) is 2.99. The molecule has 7 nitrogen and oxygen atoms in total. The second-order valence-corrected chi connectivity index (χ2v) is 8.45. The minimum atomic E-state index is -3.77. The molecule has 1 saturated heterocycles. The summed E-state index contributed by atoms with van der Waals surface area (Å²) in [5.41, 5.74) is 1.34. The molecule has 0 spiro atoms. The van der Waals surface area contributed by atoms with Crippen molar-refractivity contribution in [2.75, 3.05) is 14.2 Å². The number of benzene rings is 2.